The third-order valence-corrected chi connectivity index (χ3v) is 5.25. The van der Waals surface area contributed by atoms with Crippen LogP contribution < -0.4 is 10.6 Å². The van der Waals surface area contributed by atoms with Crippen LogP contribution in [0.4, 0.5) is 0 Å². The molecule has 23 heavy (non-hydrogen) atoms. The van der Waals surface area contributed by atoms with Crippen molar-refractivity contribution in [3.63, 3.8) is 0 Å². The van der Waals surface area contributed by atoms with E-state index < -0.39 is 10.0 Å². The Labute approximate surface area is 138 Å². The van der Waals surface area contributed by atoms with Crippen molar-refractivity contribution in [3.05, 3.63) is 24.2 Å². The monoisotopic (exact) mass is 342 g/mol. The number of nitrogens with one attached hydrogen (secondary N) is 2. The zero-order valence-corrected chi connectivity index (χ0v) is 14.6. The molecular weight excluding hydrogens is 316 g/mol. The zero-order valence-electron chi connectivity index (χ0n) is 13.8. The lowest BCUT2D eigenvalue weighted by atomic mass is 9.98. The van der Waals surface area contributed by atoms with Gasteiger partial charge in [-0.3, -0.25) is 0 Å². The molecule has 1 aliphatic heterocycles. The first-order valence-electron chi connectivity index (χ1n) is 7.97. The molecule has 1 aliphatic rings. The molecule has 1 aromatic rings. The Bertz CT molecular complexity index is 590. The fourth-order valence-corrected chi connectivity index (χ4v) is 3.45. The maximum atomic E-state index is 11.5. The van der Waals surface area contributed by atoms with Crippen molar-refractivity contribution in [1.82, 2.24) is 14.9 Å². The van der Waals surface area contributed by atoms with Crippen LogP contribution in [0.1, 0.15) is 25.3 Å². The fourth-order valence-electron chi connectivity index (χ4n) is 2.58. The number of nitrogens with zero attached hydrogens (tertiary/aromatic N) is 2. The number of piperidine rings is 1. The lowest BCUT2D eigenvalue weighted by Gasteiger charge is -2.30. The molecular formula is C15H26N4O3S. The molecule has 2 heterocycles. The van der Waals surface area contributed by atoms with E-state index in [0.29, 0.717) is 25.6 Å². The van der Waals surface area contributed by atoms with E-state index >= 15 is 0 Å². The lowest BCUT2D eigenvalue weighted by Crippen LogP contribution is -2.44. The summed E-state index contributed by atoms with van der Waals surface area (Å²) in [7, 11) is -3.05. The Hall–Kier alpha value is -1.54. The highest BCUT2D eigenvalue weighted by atomic mass is 32.2. The highest BCUT2D eigenvalue weighted by molar-refractivity contribution is 7.88. The summed E-state index contributed by atoms with van der Waals surface area (Å²) >= 11 is 0. The van der Waals surface area contributed by atoms with Crippen LogP contribution in [0.2, 0.25) is 0 Å². The summed E-state index contributed by atoms with van der Waals surface area (Å²) in [6, 6.07) is 1.90. The van der Waals surface area contributed by atoms with Gasteiger partial charge in [-0.1, -0.05) is 0 Å². The third-order valence-electron chi connectivity index (χ3n) is 3.94. The average Bonchev–Trinajstić information content (AvgIpc) is 3.03. The molecule has 0 atom stereocenters. The van der Waals surface area contributed by atoms with E-state index in [0.717, 1.165) is 37.5 Å². The number of furan rings is 1. The summed E-state index contributed by atoms with van der Waals surface area (Å²) in [6.07, 6.45) is 6.36. The molecule has 2 N–H and O–H groups in total. The van der Waals surface area contributed by atoms with Gasteiger partial charge in [-0.2, -0.15) is 0 Å². The fraction of sp³-hybridized carbons (Fsp3) is 0.667. The Kier molecular flexibility index (Phi) is 6.47. The van der Waals surface area contributed by atoms with Crippen LogP contribution >= 0.6 is 0 Å². The molecule has 0 amide bonds. The second-order valence-corrected chi connectivity index (χ2v) is 7.80. The summed E-state index contributed by atoms with van der Waals surface area (Å²) in [6.45, 7) is 5.40. The molecule has 7 nitrogen and oxygen atoms in total. The molecule has 0 aliphatic carbocycles. The van der Waals surface area contributed by atoms with E-state index in [-0.39, 0.29) is 0 Å². The molecule has 0 aromatic carbocycles. The molecule has 2 rings (SSSR count). The standard InChI is InChI=1S/C15H26N4O3S/c1-3-16-15(18-11-14-6-9-22-12-14)17-10-13-4-7-19(8-5-13)23(2,20)21/h6,9,12-13H,3-5,7-8,10-11H2,1-2H3,(H2,16,17,18). The van der Waals surface area contributed by atoms with E-state index in [1.54, 1.807) is 16.8 Å². The van der Waals surface area contributed by atoms with Crippen molar-refractivity contribution in [2.24, 2.45) is 10.9 Å². The van der Waals surface area contributed by atoms with Crippen molar-refractivity contribution >= 4 is 16.0 Å². The normalized spacial score (nSPS) is 18.1. The number of aliphatic imine (C=N–C) groups is 1. The molecule has 0 spiro atoms. The van der Waals surface area contributed by atoms with Crippen molar-refractivity contribution in [3.8, 4) is 0 Å². The van der Waals surface area contributed by atoms with E-state index in [2.05, 4.69) is 15.6 Å². The highest BCUT2D eigenvalue weighted by Gasteiger charge is 2.24. The molecule has 8 heteroatoms. The summed E-state index contributed by atoms with van der Waals surface area (Å²) in [4.78, 5) is 4.52. The predicted molar refractivity (Wildman–Crippen MR) is 90.7 cm³/mol. The summed E-state index contributed by atoms with van der Waals surface area (Å²) < 4.78 is 29.6. The van der Waals surface area contributed by atoms with Crippen molar-refractivity contribution in [2.75, 3.05) is 32.4 Å². The Morgan fingerprint density at radius 2 is 2.13 bits per heavy atom. The first-order chi connectivity index (χ1) is 11.0. The summed E-state index contributed by atoms with van der Waals surface area (Å²) in [5.74, 6) is 1.24. The predicted octanol–water partition coefficient (Wildman–Crippen LogP) is 1.01. The second-order valence-electron chi connectivity index (χ2n) is 5.81. The third kappa shape index (κ3) is 5.87. The van der Waals surface area contributed by atoms with Crippen LogP contribution in [-0.2, 0) is 16.6 Å². The molecule has 1 fully saturated rings. The number of sulfonamides is 1. The molecule has 130 valence electrons. The van der Waals surface area contributed by atoms with E-state index in [9.17, 15) is 8.42 Å². The number of guanidine groups is 1. The van der Waals surface area contributed by atoms with Crippen LogP contribution in [0.3, 0.4) is 0 Å². The molecule has 0 saturated carbocycles. The number of hydrogen-bond donors (Lipinski definition) is 2. The quantitative estimate of drug-likeness (QED) is 0.595. The molecule has 0 unspecified atom stereocenters. The number of rotatable bonds is 6. The minimum atomic E-state index is -3.05. The van der Waals surface area contributed by atoms with Crippen LogP contribution in [0.25, 0.3) is 0 Å². The minimum Gasteiger partial charge on any atom is -0.472 e. The maximum absolute atomic E-state index is 11.5. The van der Waals surface area contributed by atoms with Gasteiger partial charge in [-0.25, -0.2) is 17.7 Å². The molecule has 1 saturated heterocycles. The van der Waals surface area contributed by atoms with Crippen molar-refractivity contribution in [1.29, 1.82) is 0 Å². The Morgan fingerprint density at radius 1 is 1.39 bits per heavy atom. The second kappa shape index (κ2) is 8.35. The first kappa shape index (κ1) is 17.8. The molecule has 1 aromatic heterocycles. The van der Waals surface area contributed by atoms with Crippen molar-refractivity contribution in [2.45, 2.75) is 26.3 Å². The van der Waals surface area contributed by atoms with Gasteiger partial charge in [0.05, 0.1) is 25.3 Å². The largest absolute Gasteiger partial charge is 0.472 e. The number of hydrogen-bond acceptors (Lipinski definition) is 4. The molecule has 0 bridgehead atoms. The van der Waals surface area contributed by atoms with E-state index in [4.69, 9.17) is 4.42 Å². The van der Waals surface area contributed by atoms with Gasteiger partial charge in [0, 0.05) is 31.7 Å². The van der Waals surface area contributed by atoms with Gasteiger partial charge in [0.25, 0.3) is 0 Å². The van der Waals surface area contributed by atoms with Gasteiger partial charge in [0.2, 0.25) is 10.0 Å². The van der Waals surface area contributed by atoms with Crippen LogP contribution in [-0.4, -0.2) is 51.1 Å². The van der Waals surface area contributed by atoms with Gasteiger partial charge < -0.3 is 15.1 Å². The summed E-state index contributed by atoms with van der Waals surface area (Å²) in [5.41, 5.74) is 1.03. The lowest BCUT2D eigenvalue weighted by molar-refractivity contribution is 0.275. The Balaban J connectivity index is 1.79. The molecule has 0 radical (unpaired) electrons. The van der Waals surface area contributed by atoms with Gasteiger partial charge in [-0.15, -0.1) is 0 Å². The van der Waals surface area contributed by atoms with Crippen LogP contribution in [0, 0.1) is 5.92 Å². The highest BCUT2D eigenvalue weighted by Crippen LogP contribution is 2.18. The van der Waals surface area contributed by atoms with Gasteiger partial charge in [0.15, 0.2) is 5.96 Å². The first-order valence-corrected chi connectivity index (χ1v) is 9.82. The smallest absolute Gasteiger partial charge is 0.211 e. The van der Waals surface area contributed by atoms with Gasteiger partial charge in [0.1, 0.15) is 0 Å². The SMILES string of the molecule is CCNC(=NCc1ccoc1)NCC1CCN(S(C)(=O)=O)CC1. The zero-order chi connectivity index (χ0) is 16.7. The Morgan fingerprint density at radius 3 is 2.70 bits per heavy atom. The van der Waals surface area contributed by atoms with E-state index in [1.165, 1.54) is 6.26 Å². The van der Waals surface area contributed by atoms with Crippen LogP contribution in [0.15, 0.2) is 28.0 Å². The maximum Gasteiger partial charge on any atom is 0.211 e. The average molecular weight is 342 g/mol. The van der Waals surface area contributed by atoms with Gasteiger partial charge >= 0.3 is 0 Å². The topological polar surface area (TPSA) is 86.9 Å². The van der Waals surface area contributed by atoms with Crippen LogP contribution in [0.5, 0.6) is 0 Å². The summed E-state index contributed by atoms with van der Waals surface area (Å²) in [5, 5.41) is 6.57. The van der Waals surface area contributed by atoms with Gasteiger partial charge in [-0.05, 0) is 31.7 Å². The minimum absolute atomic E-state index is 0.464. The van der Waals surface area contributed by atoms with E-state index in [1.807, 2.05) is 13.0 Å². The van der Waals surface area contributed by atoms with Crippen molar-refractivity contribution < 1.29 is 12.8 Å².